The summed E-state index contributed by atoms with van der Waals surface area (Å²) in [6, 6.07) is 14.1. The first-order valence-electron chi connectivity index (χ1n) is 9.40. The minimum absolute atomic E-state index is 0.103. The zero-order valence-electron chi connectivity index (χ0n) is 15.6. The molecule has 0 unspecified atom stereocenters. The summed E-state index contributed by atoms with van der Waals surface area (Å²) < 4.78 is 27.8. The van der Waals surface area contributed by atoms with Crippen molar-refractivity contribution in [3.8, 4) is 0 Å². The lowest BCUT2D eigenvalue weighted by atomic mass is 9.95. The van der Waals surface area contributed by atoms with Crippen LogP contribution in [0.3, 0.4) is 0 Å². The van der Waals surface area contributed by atoms with E-state index >= 15 is 0 Å². The molecule has 1 fully saturated rings. The third-order valence-electron chi connectivity index (χ3n) is 4.93. The van der Waals surface area contributed by atoms with Crippen LogP contribution in [0, 0.1) is 6.92 Å². The average molecular weight is 387 g/mol. The zero-order valence-corrected chi connectivity index (χ0v) is 16.4. The lowest BCUT2D eigenvalue weighted by molar-refractivity contribution is 0.0927. The molecule has 1 amide bonds. The summed E-state index contributed by atoms with van der Waals surface area (Å²) in [6.07, 6.45) is 5.45. The second-order valence-corrected chi connectivity index (χ2v) is 8.91. The van der Waals surface area contributed by atoms with E-state index in [1.165, 1.54) is 18.6 Å². The minimum Gasteiger partial charge on any atom is -0.349 e. The maximum absolute atomic E-state index is 12.6. The van der Waals surface area contributed by atoms with Crippen LogP contribution in [0.1, 0.15) is 53.6 Å². The Kier molecular flexibility index (Phi) is 6.29. The van der Waals surface area contributed by atoms with Gasteiger partial charge in [0.15, 0.2) is 0 Å². The summed E-state index contributed by atoms with van der Waals surface area (Å²) in [4.78, 5) is 12.6. The number of hydrogen-bond acceptors (Lipinski definition) is 3. The third kappa shape index (κ3) is 5.40. The summed E-state index contributed by atoms with van der Waals surface area (Å²) in [5.74, 6) is -0.211. The van der Waals surface area contributed by atoms with Crippen LogP contribution in [-0.2, 0) is 16.6 Å². The predicted octanol–water partition coefficient (Wildman–Crippen LogP) is 3.54. The Bertz CT molecular complexity index is 886. The first-order chi connectivity index (χ1) is 12.9. The van der Waals surface area contributed by atoms with Gasteiger partial charge in [0, 0.05) is 18.2 Å². The van der Waals surface area contributed by atoms with Crippen molar-refractivity contribution in [3.05, 3.63) is 65.2 Å². The minimum atomic E-state index is -3.69. The summed E-state index contributed by atoms with van der Waals surface area (Å²) in [5.41, 5.74) is 2.38. The molecule has 0 heterocycles. The molecule has 2 aromatic rings. The second kappa shape index (κ2) is 8.67. The molecule has 27 heavy (non-hydrogen) atoms. The number of sulfonamides is 1. The fourth-order valence-electron chi connectivity index (χ4n) is 3.29. The number of rotatable bonds is 6. The molecule has 0 atom stereocenters. The molecule has 2 aromatic carbocycles. The van der Waals surface area contributed by atoms with E-state index in [1.807, 2.05) is 31.2 Å². The van der Waals surface area contributed by atoms with E-state index < -0.39 is 10.0 Å². The van der Waals surface area contributed by atoms with Crippen LogP contribution in [0.4, 0.5) is 0 Å². The SMILES string of the molecule is Cc1ccc(CNS(=O)(=O)c2cccc(C(=O)NC3CCCCC3)c2)cc1. The van der Waals surface area contributed by atoms with Gasteiger partial charge in [0.2, 0.25) is 10.0 Å². The van der Waals surface area contributed by atoms with Crippen LogP contribution in [0.25, 0.3) is 0 Å². The van der Waals surface area contributed by atoms with Gasteiger partial charge in [-0.05, 0) is 43.5 Å². The number of nitrogens with one attached hydrogen (secondary N) is 2. The Morgan fingerprint density at radius 3 is 2.44 bits per heavy atom. The number of aryl methyl sites for hydroxylation is 1. The Morgan fingerprint density at radius 1 is 1.04 bits per heavy atom. The molecule has 2 N–H and O–H groups in total. The van der Waals surface area contributed by atoms with E-state index in [0.29, 0.717) is 5.56 Å². The maximum atomic E-state index is 12.6. The van der Waals surface area contributed by atoms with Gasteiger partial charge in [-0.3, -0.25) is 4.79 Å². The quantitative estimate of drug-likeness (QED) is 0.797. The van der Waals surface area contributed by atoms with Gasteiger partial charge >= 0.3 is 0 Å². The van der Waals surface area contributed by atoms with Crippen LogP contribution >= 0.6 is 0 Å². The lowest BCUT2D eigenvalue weighted by Crippen LogP contribution is -2.36. The first kappa shape index (κ1) is 19.6. The highest BCUT2D eigenvalue weighted by Gasteiger charge is 2.19. The Hall–Kier alpha value is -2.18. The average Bonchev–Trinajstić information content (AvgIpc) is 2.68. The van der Waals surface area contributed by atoms with E-state index in [-0.39, 0.29) is 23.4 Å². The van der Waals surface area contributed by atoms with Crippen molar-refractivity contribution in [1.29, 1.82) is 0 Å². The molecule has 1 saturated carbocycles. The van der Waals surface area contributed by atoms with Gasteiger partial charge in [-0.2, -0.15) is 0 Å². The van der Waals surface area contributed by atoms with Gasteiger partial charge in [0.05, 0.1) is 4.90 Å². The predicted molar refractivity (Wildman–Crippen MR) is 106 cm³/mol. The third-order valence-corrected chi connectivity index (χ3v) is 6.33. The fraction of sp³-hybridized carbons (Fsp3) is 0.381. The lowest BCUT2D eigenvalue weighted by Gasteiger charge is -2.22. The molecule has 5 nitrogen and oxygen atoms in total. The van der Waals surface area contributed by atoms with Gasteiger partial charge in [0.25, 0.3) is 5.91 Å². The highest BCUT2D eigenvalue weighted by Crippen LogP contribution is 2.18. The maximum Gasteiger partial charge on any atom is 0.251 e. The fourth-order valence-corrected chi connectivity index (χ4v) is 4.35. The van der Waals surface area contributed by atoms with Gasteiger partial charge in [-0.15, -0.1) is 0 Å². The number of carbonyl (C=O) groups is 1. The van der Waals surface area contributed by atoms with E-state index in [2.05, 4.69) is 10.0 Å². The van der Waals surface area contributed by atoms with Gasteiger partial charge in [0.1, 0.15) is 0 Å². The van der Waals surface area contributed by atoms with Gasteiger partial charge in [-0.1, -0.05) is 55.2 Å². The van der Waals surface area contributed by atoms with Crippen LogP contribution in [0.15, 0.2) is 53.4 Å². The molecule has 3 rings (SSSR count). The molecule has 0 bridgehead atoms. The van der Waals surface area contributed by atoms with E-state index in [4.69, 9.17) is 0 Å². The molecule has 144 valence electrons. The number of amides is 1. The number of benzene rings is 2. The Labute approximate surface area is 161 Å². The van der Waals surface area contributed by atoms with Crippen LogP contribution in [-0.4, -0.2) is 20.4 Å². The largest absolute Gasteiger partial charge is 0.349 e. The molecule has 0 spiro atoms. The summed E-state index contributed by atoms with van der Waals surface area (Å²) in [6.45, 7) is 2.19. The van der Waals surface area contributed by atoms with Crippen molar-refractivity contribution in [2.45, 2.75) is 56.5 Å². The van der Waals surface area contributed by atoms with Crippen molar-refractivity contribution in [2.75, 3.05) is 0 Å². The monoisotopic (exact) mass is 386 g/mol. The summed E-state index contributed by atoms with van der Waals surface area (Å²) in [5, 5.41) is 3.02. The molecule has 6 heteroatoms. The first-order valence-corrected chi connectivity index (χ1v) is 10.9. The van der Waals surface area contributed by atoms with Crippen molar-refractivity contribution < 1.29 is 13.2 Å². The van der Waals surface area contributed by atoms with Crippen molar-refractivity contribution in [1.82, 2.24) is 10.0 Å². The summed E-state index contributed by atoms with van der Waals surface area (Å²) >= 11 is 0. The molecule has 1 aliphatic carbocycles. The van der Waals surface area contributed by atoms with Crippen molar-refractivity contribution in [3.63, 3.8) is 0 Å². The van der Waals surface area contributed by atoms with E-state index in [0.717, 1.165) is 36.8 Å². The second-order valence-electron chi connectivity index (χ2n) is 7.15. The van der Waals surface area contributed by atoms with Gasteiger partial charge in [-0.25, -0.2) is 13.1 Å². The van der Waals surface area contributed by atoms with Crippen LogP contribution < -0.4 is 10.0 Å². The Balaban J connectivity index is 1.67. The van der Waals surface area contributed by atoms with E-state index in [9.17, 15) is 13.2 Å². The highest BCUT2D eigenvalue weighted by molar-refractivity contribution is 7.89. The van der Waals surface area contributed by atoms with E-state index in [1.54, 1.807) is 12.1 Å². The highest BCUT2D eigenvalue weighted by atomic mass is 32.2. The molecule has 0 saturated heterocycles. The van der Waals surface area contributed by atoms with Crippen LogP contribution in [0.5, 0.6) is 0 Å². The van der Waals surface area contributed by atoms with Gasteiger partial charge < -0.3 is 5.32 Å². The number of hydrogen-bond donors (Lipinski definition) is 2. The van der Waals surface area contributed by atoms with Crippen molar-refractivity contribution >= 4 is 15.9 Å². The zero-order chi connectivity index (χ0) is 19.3. The normalized spacial score (nSPS) is 15.4. The van der Waals surface area contributed by atoms with Crippen molar-refractivity contribution in [2.24, 2.45) is 0 Å². The molecule has 0 radical (unpaired) electrons. The molecule has 0 aromatic heterocycles. The topological polar surface area (TPSA) is 75.3 Å². The smallest absolute Gasteiger partial charge is 0.251 e. The standard InChI is InChI=1S/C21H26N2O3S/c1-16-10-12-17(13-11-16)15-22-27(25,26)20-9-5-6-18(14-20)21(24)23-19-7-3-2-4-8-19/h5-6,9-14,19,22H,2-4,7-8,15H2,1H3,(H,23,24). The molecule has 1 aliphatic rings. The Morgan fingerprint density at radius 2 is 1.74 bits per heavy atom. The number of carbonyl (C=O) groups excluding carboxylic acids is 1. The molecule has 0 aliphatic heterocycles. The molecular weight excluding hydrogens is 360 g/mol. The summed E-state index contributed by atoms with van der Waals surface area (Å²) in [7, 11) is -3.69. The molecular formula is C21H26N2O3S. The van der Waals surface area contributed by atoms with Crippen LogP contribution in [0.2, 0.25) is 0 Å².